The molecule has 1 aliphatic rings. The number of amides is 2. The van der Waals surface area contributed by atoms with Crippen molar-refractivity contribution in [2.75, 3.05) is 19.8 Å². The van der Waals surface area contributed by atoms with Gasteiger partial charge in [0.2, 0.25) is 23.2 Å². The number of ketones is 2. The Hall–Kier alpha value is -2.42. The average molecular weight is 337 g/mol. The first-order chi connectivity index (χ1) is 11.0. The largest absolute Gasteiger partial charge is 0.359 e. The topological polar surface area (TPSA) is 118 Å². The zero-order valence-electron chi connectivity index (χ0n) is 12.6. The van der Waals surface area contributed by atoms with Gasteiger partial charge in [0, 0.05) is 26.6 Å². The number of fused-ring (bicyclic) bond motifs is 1. The molecule has 0 fully saturated rings. The van der Waals surface area contributed by atoms with Crippen molar-refractivity contribution in [3.63, 3.8) is 0 Å². The number of hydrogen-bond donors (Lipinski definition) is 2. The summed E-state index contributed by atoms with van der Waals surface area (Å²) in [6, 6.07) is 0. The monoisotopic (exact) mass is 337 g/mol. The zero-order valence-corrected chi connectivity index (χ0v) is 13.4. The molecule has 0 radical (unpaired) electrons. The van der Waals surface area contributed by atoms with Crippen molar-refractivity contribution in [2.45, 2.75) is 12.8 Å². The molecule has 0 atom stereocenters. The van der Waals surface area contributed by atoms with Gasteiger partial charge in [-0.1, -0.05) is 5.16 Å². The second-order valence-corrected chi connectivity index (χ2v) is 5.78. The van der Waals surface area contributed by atoms with Crippen LogP contribution in [0.4, 0.5) is 0 Å². The highest BCUT2D eigenvalue weighted by Gasteiger charge is 2.35. The number of thioether (sulfide) groups is 1. The number of nitrogens with zero attached hydrogens (tertiary/aromatic N) is 1. The van der Waals surface area contributed by atoms with E-state index in [1.165, 1.54) is 24.9 Å². The van der Waals surface area contributed by atoms with Crippen LogP contribution >= 0.6 is 11.8 Å². The molecule has 0 saturated heterocycles. The van der Waals surface area contributed by atoms with Crippen LogP contribution in [0.1, 0.15) is 44.2 Å². The number of allylic oxidation sites excluding steroid dienone is 2. The Morgan fingerprint density at radius 1 is 1.26 bits per heavy atom. The minimum Gasteiger partial charge on any atom is -0.359 e. The van der Waals surface area contributed by atoms with Crippen molar-refractivity contribution < 1.29 is 23.7 Å². The Balaban J connectivity index is 2.11. The van der Waals surface area contributed by atoms with E-state index in [1.807, 2.05) is 0 Å². The summed E-state index contributed by atoms with van der Waals surface area (Å²) in [5.74, 6) is -1.38. The lowest BCUT2D eigenvalue weighted by atomic mass is 10.00. The predicted octanol–water partition coefficient (Wildman–Crippen LogP) is 0.556. The summed E-state index contributed by atoms with van der Waals surface area (Å²) < 4.78 is 4.82. The average Bonchev–Trinajstić information content (AvgIpc) is 3.00. The lowest BCUT2D eigenvalue weighted by molar-refractivity contribution is -0.120. The van der Waals surface area contributed by atoms with Crippen LogP contribution in [-0.2, 0) is 4.79 Å². The van der Waals surface area contributed by atoms with Crippen molar-refractivity contribution >= 4 is 35.1 Å². The molecule has 2 amide bonds. The number of carbonyl (C=O) groups excluding carboxylic acids is 4. The Labute approximate surface area is 136 Å². The van der Waals surface area contributed by atoms with Crippen molar-refractivity contribution in [1.29, 1.82) is 0 Å². The van der Waals surface area contributed by atoms with Crippen LogP contribution in [-0.4, -0.2) is 48.4 Å². The molecule has 0 saturated carbocycles. The second-order valence-electron chi connectivity index (χ2n) is 4.64. The normalized spacial score (nSPS) is 13.4. The SMILES string of the molecule is CNC(=O)CCCSC1=CC(=O)c2onc(C(=O)NC)c2C1=O. The van der Waals surface area contributed by atoms with Crippen molar-refractivity contribution in [3.8, 4) is 0 Å². The lowest BCUT2D eigenvalue weighted by Crippen LogP contribution is -2.23. The highest BCUT2D eigenvalue weighted by atomic mass is 32.2. The van der Waals surface area contributed by atoms with E-state index in [9.17, 15) is 19.2 Å². The van der Waals surface area contributed by atoms with Crippen LogP contribution in [0.3, 0.4) is 0 Å². The fraction of sp³-hybridized carbons (Fsp3) is 0.357. The van der Waals surface area contributed by atoms with Gasteiger partial charge in [-0.15, -0.1) is 11.8 Å². The summed E-state index contributed by atoms with van der Waals surface area (Å²) in [6.07, 6.45) is 2.07. The molecule has 1 aromatic heterocycles. The van der Waals surface area contributed by atoms with Crippen LogP contribution in [0.25, 0.3) is 0 Å². The maximum atomic E-state index is 12.4. The fourth-order valence-electron chi connectivity index (χ4n) is 1.96. The molecule has 9 heteroatoms. The highest BCUT2D eigenvalue weighted by Crippen LogP contribution is 2.30. The lowest BCUT2D eigenvalue weighted by Gasteiger charge is -2.10. The van der Waals surface area contributed by atoms with Gasteiger partial charge in [-0.3, -0.25) is 19.2 Å². The summed E-state index contributed by atoms with van der Waals surface area (Å²) >= 11 is 1.17. The number of carbonyl (C=O) groups is 4. The highest BCUT2D eigenvalue weighted by molar-refractivity contribution is 8.04. The van der Waals surface area contributed by atoms with Crippen molar-refractivity contribution in [3.05, 3.63) is 28.0 Å². The summed E-state index contributed by atoms with van der Waals surface area (Å²) in [5, 5.41) is 8.36. The Morgan fingerprint density at radius 3 is 2.65 bits per heavy atom. The van der Waals surface area contributed by atoms with Gasteiger partial charge >= 0.3 is 0 Å². The molecule has 0 unspecified atom stereocenters. The molecular formula is C14H15N3O5S. The molecule has 0 aromatic carbocycles. The molecule has 1 aromatic rings. The fourth-order valence-corrected chi connectivity index (χ4v) is 2.89. The third-order valence-electron chi connectivity index (χ3n) is 3.16. The summed E-state index contributed by atoms with van der Waals surface area (Å²) in [5.41, 5.74) is -0.303. The number of hydrogen-bond acceptors (Lipinski definition) is 7. The quantitative estimate of drug-likeness (QED) is 0.728. The predicted molar refractivity (Wildman–Crippen MR) is 82.4 cm³/mol. The van der Waals surface area contributed by atoms with Gasteiger partial charge < -0.3 is 15.2 Å². The van der Waals surface area contributed by atoms with Crippen LogP contribution < -0.4 is 10.6 Å². The Kier molecular flexibility index (Phi) is 5.32. The summed E-state index contributed by atoms with van der Waals surface area (Å²) in [7, 11) is 2.94. The van der Waals surface area contributed by atoms with Crippen LogP contribution in [0.2, 0.25) is 0 Å². The van der Waals surface area contributed by atoms with E-state index in [0.29, 0.717) is 18.6 Å². The molecular weight excluding hydrogens is 322 g/mol. The third-order valence-corrected chi connectivity index (χ3v) is 4.26. The maximum Gasteiger partial charge on any atom is 0.274 e. The first kappa shape index (κ1) is 16.9. The van der Waals surface area contributed by atoms with Gasteiger partial charge in [0.1, 0.15) is 5.56 Å². The molecule has 1 heterocycles. The molecule has 0 aliphatic heterocycles. The van der Waals surface area contributed by atoms with Gasteiger partial charge in [-0.25, -0.2) is 0 Å². The van der Waals surface area contributed by atoms with Gasteiger partial charge in [0.05, 0.1) is 4.91 Å². The Bertz CT molecular complexity index is 707. The van der Waals surface area contributed by atoms with Gasteiger partial charge in [-0.05, 0) is 12.2 Å². The summed E-state index contributed by atoms with van der Waals surface area (Å²) in [4.78, 5) is 47.5. The molecule has 0 bridgehead atoms. The van der Waals surface area contributed by atoms with E-state index in [2.05, 4.69) is 15.8 Å². The molecule has 8 nitrogen and oxygen atoms in total. The Morgan fingerprint density at radius 2 is 2.00 bits per heavy atom. The van der Waals surface area contributed by atoms with Gasteiger partial charge in [-0.2, -0.15) is 0 Å². The minimum atomic E-state index is -0.595. The van der Waals surface area contributed by atoms with Crippen molar-refractivity contribution in [1.82, 2.24) is 15.8 Å². The summed E-state index contributed by atoms with van der Waals surface area (Å²) in [6.45, 7) is 0. The van der Waals surface area contributed by atoms with E-state index in [1.54, 1.807) is 7.05 Å². The number of Topliss-reactive ketones (excluding diaryl/α,β-unsaturated/α-hetero) is 1. The van der Waals surface area contributed by atoms with E-state index < -0.39 is 17.5 Å². The molecule has 2 rings (SSSR count). The number of aromatic nitrogens is 1. The first-order valence-electron chi connectivity index (χ1n) is 6.85. The van der Waals surface area contributed by atoms with Crippen LogP contribution in [0.15, 0.2) is 15.5 Å². The number of rotatable bonds is 6. The standard InChI is InChI=1S/C14H15N3O5S/c1-15-9(19)4-3-5-23-8-6-7(18)13-10(12(8)20)11(17-22-13)14(21)16-2/h6H,3-5H2,1-2H3,(H,15,19)(H,16,21). The van der Waals surface area contributed by atoms with Crippen molar-refractivity contribution in [2.24, 2.45) is 0 Å². The minimum absolute atomic E-state index is 0.0890. The molecule has 122 valence electrons. The molecule has 2 N–H and O–H groups in total. The first-order valence-corrected chi connectivity index (χ1v) is 7.84. The van der Waals surface area contributed by atoms with Crippen LogP contribution in [0.5, 0.6) is 0 Å². The van der Waals surface area contributed by atoms with E-state index >= 15 is 0 Å². The van der Waals surface area contributed by atoms with Gasteiger partial charge in [0.15, 0.2) is 5.69 Å². The zero-order chi connectivity index (χ0) is 17.0. The van der Waals surface area contributed by atoms with E-state index in [4.69, 9.17) is 4.52 Å². The van der Waals surface area contributed by atoms with Crippen LogP contribution in [0, 0.1) is 0 Å². The smallest absolute Gasteiger partial charge is 0.274 e. The van der Waals surface area contributed by atoms with Gasteiger partial charge in [0.25, 0.3) is 5.91 Å². The van der Waals surface area contributed by atoms with E-state index in [-0.39, 0.29) is 27.8 Å². The third kappa shape index (κ3) is 3.50. The second kappa shape index (κ2) is 7.23. The van der Waals surface area contributed by atoms with E-state index in [0.717, 1.165) is 0 Å². The maximum absolute atomic E-state index is 12.4. The number of nitrogens with one attached hydrogen (secondary N) is 2. The molecule has 1 aliphatic carbocycles. The molecule has 0 spiro atoms. The molecule has 23 heavy (non-hydrogen) atoms.